The van der Waals surface area contributed by atoms with Gasteiger partial charge < -0.3 is 16.0 Å². The summed E-state index contributed by atoms with van der Waals surface area (Å²) >= 11 is 0. The predicted octanol–water partition coefficient (Wildman–Crippen LogP) is 3.84. The van der Waals surface area contributed by atoms with Crippen LogP contribution < -0.4 is 20.9 Å². The molecule has 1 aliphatic rings. The monoisotopic (exact) mass is 352 g/mol. The molecule has 0 fully saturated rings. The van der Waals surface area contributed by atoms with Crippen molar-refractivity contribution in [3.05, 3.63) is 59.7 Å². The minimum absolute atomic E-state index is 0.118. The van der Waals surface area contributed by atoms with Gasteiger partial charge in [0.2, 0.25) is 0 Å². The van der Waals surface area contributed by atoms with E-state index < -0.39 is 0 Å². The van der Waals surface area contributed by atoms with E-state index in [0.29, 0.717) is 18.8 Å². The summed E-state index contributed by atoms with van der Waals surface area (Å²) in [5, 5.41) is 8.60. The van der Waals surface area contributed by atoms with Gasteiger partial charge in [0, 0.05) is 17.8 Å². The topological polar surface area (TPSA) is 73.5 Å². The molecule has 0 saturated heterocycles. The Bertz CT molecular complexity index is 812. The van der Waals surface area contributed by atoms with E-state index in [4.69, 9.17) is 0 Å². The van der Waals surface area contributed by atoms with Gasteiger partial charge in [0.15, 0.2) is 0 Å². The quantitative estimate of drug-likeness (QED) is 0.785. The van der Waals surface area contributed by atoms with Crippen molar-refractivity contribution in [1.29, 1.82) is 0 Å². The standard InChI is InChI=1S/C20H24N4O2/c1-20(2,3)23-18(25)22-16-9-10-17-15(11-16)12-21-19(26)24(17)13-14-7-5-4-6-8-14/h4-11H,12-13H2,1-3H3,(H,21,26)(H2,22,23,25). The van der Waals surface area contributed by atoms with Crippen LogP contribution >= 0.6 is 0 Å². The summed E-state index contributed by atoms with van der Waals surface area (Å²) in [4.78, 5) is 26.1. The number of nitrogens with one attached hydrogen (secondary N) is 3. The number of carbonyl (C=O) groups is 2. The molecule has 0 radical (unpaired) electrons. The van der Waals surface area contributed by atoms with Crippen molar-refractivity contribution in [3.8, 4) is 0 Å². The van der Waals surface area contributed by atoms with Crippen molar-refractivity contribution in [2.75, 3.05) is 10.2 Å². The molecule has 0 spiro atoms. The molecule has 0 aliphatic carbocycles. The Morgan fingerprint density at radius 2 is 1.88 bits per heavy atom. The zero-order chi connectivity index (χ0) is 18.7. The van der Waals surface area contributed by atoms with Gasteiger partial charge in [0.05, 0.1) is 12.2 Å². The number of hydrogen-bond acceptors (Lipinski definition) is 2. The Labute approximate surface area is 153 Å². The van der Waals surface area contributed by atoms with Gasteiger partial charge >= 0.3 is 12.1 Å². The van der Waals surface area contributed by atoms with Gasteiger partial charge in [-0.25, -0.2) is 9.59 Å². The van der Waals surface area contributed by atoms with Gasteiger partial charge in [0.25, 0.3) is 0 Å². The van der Waals surface area contributed by atoms with Crippen molar-refractivity contribution < 1.29 is 9.59 Å². The van der Waals surface area contributed by atoms with Crippen LogP contribution in [0.15, 0.2) is 48.5 Å². The summed E-state index contributed by atoms with van der Waals surface area (Å²) in [5.41, 5.74) is 3.27. The highest BCUT2D eigenvalue weighted by Gasteiger charge is 2.24. The lowest BCUT2D eigenvalue weighted by Crippen LogP contribution is -2.44. The Kier molecular flexibility index (Phi) is 4.84. The maximum atomic E-state index is 12.3. The second kappa shape index (κ2) is 7.07. The van der Waals surface area contributed by atoms with Crippen LogP contribution in [0.4, 0.5) is 21.0 Å². The minimum atomic E-state index is -0.307. The largest absolute Gasteiger partial charge is 0.334 e. The lowest BCUT2D eigenvalue weighted by atomic mass is 10.1. The van der Waals surface area contributed by atoms with Crippen molar-refractivity contribution in [2.24, 2.45) is 0 Å². The van der Waals surface area contributed by atoms with Gasteiger partial charge in [0.1, 0.15) is 0 Å². The normalized spacial score (nSPS) is 13.7. The number of fused-ring (bicyclic) bond motifs is 1. The zero-order valence-corrected chi connectivity index (χ0v) is 15.3. The molecule has 3 rings (SSSR count). The fourth-order valence-electron chi connectivity index (χ4n) is 2.87. The Hall–Kier alpha value is -3.02. The first-order valence-corrected chi connectivity index (χ1v) is 8.63. The first-order valence-electron chi connectivity index (χ1n) is 8.63. The number of urea groups is 2. The molecule has 1 heterocycles. The van der Waals surface area contributed by atoms with Gasteiger partial charge in [-0.05, 0) is 50.1 Å². The van der Waals surface area contributed by atoms with E-state index in [1.165, 1.54) is 0 Å². The molecule has 3 N–H and O–H groups in total. The molecular formula is C20H24N4O2. The number of benzene rings is 2. The number of hydrogen-bond donors (Lipinski definition) is 3. The maximum Gasteiger partial charge on any atom is 0.322 e. The smallest absolute Gasteiger partial charge is 0.322 e. The van der Waals surface area contributed by atoms with Crippen molar-refractivity contribution in [3.63, 3.8) is 0 Å². The minimum Gasteiger partial charge on any atom is -0.334 e. The van der Waals surface area contributed by atoms with E-state index in [1.54, 1.807) is 4.90 Å². The zero-order valence-electron chi connectivity index (χ0n) is 15.3. The number of carbonyl (C=O) groups excluding carboxylic acids is 2. The summed E-state index contributed by atoms with van der Waals surface area (Å²) in [6.45, 7) is 6.72. The molecule has 0 aromatic heterocycles. The third-order valence-corrected chi connectivity index (χ3v) is 3.98. The summed E-state index contributed by atoms with van der Waals surface area (Å²) in [7, 11) is 0. The Morgan fingerprint density at radius 1 is 1.15 bits per heavy atom. The van der Waals surface area contributed by atoms with E-state index in [0.717, 1.165) is 16.8 Å². The Morgan fingerprint density at radius 3 is 2.58 bits per heavy atom. The molecule has 136 valence electrons. The van der Waals surface area contributed by atoms with Gasteiger partial charge in [-0.15, -0.1) is 0 Å². The van der Waals surface area contributed by atoms with Crippen molar-refractivity contribution in [2.45, 2.75) is 39.4 Å². The van der Waals surface area contributed by atoms with Crippen LogP contribution in [-0.4, -0.2) is 17.6 Å². The maximum absolute atomic E-state index is 12.3. The van der Waals surface area contributed by atoms with E-state index >= 15 is 0 Å². The number of amides is 4. The van der Waals surface area contributed by atoms with Crippen LogP contribution in [0.3, 0.4) is 0 Å². The highest BCUT2D eigenvalue weighted by atomic mass is 16.2. The van der Waals surface area contributed by atoms with Crippen LogP contribution in [0.1, 0.15) is 31.9 Å². The second-order valence-electron chi connectivity index (χ2n) is 7.40. The highest BCUT2D eigenvalue weighted by molar-refractivity contribution is 5.96. The third kappa shape index (κ3) is 4.33. The fourth-order valence-corrected chi connectivity index (χ4v) is 2.87. The van der Waals surface area contributed by atoms with E-state index in [2.05, 4.69) is 16.0 Å². The van der Waals surface area contributed by atoms with Gasteiger partial charge in [-0.3, -0.25) is 4.90 Å². The molecular weight excluding hydrogens is 328 g/mol. The highest BCUT2D eigenvalue weighted by Crippen LogP contribution is 2.29. The molecule has 1 aliphatic heterocycles. The predicted molar refractivity (Wildman–Crippen MR) is 103 cm³/mol. The molecule has 0 bridgehead atoms. The summed E-state index contributed by atoms with van der Waals surface area (Å²) in [6, 6.07) is 15.1. The summed E-state index contributed by atoms with van der Waals surface area (Å²) in [5.74, 6) is 0. The first kappa shape index (κ1) is 17.8. The summed E-state index contributed by atoms with van der Waals surface area (Å²) < 4.78 is 0. The lowest BCUT2D eigenvalue weighted by Gasteiger charge is -2.30. The van der Waals surface area contributed by atoms with E-state index in [-0.39, 0.29) is 17.6 Å². The number of nitrogens with zero attached hydrogens (tertiary/aromatic N) is 1. The molecule has 4 amide bonds. The van der Waals surface area contributed by atoms with Crippen LogP contribution in [0.2, 0.25) is 0 Å². The van der Waals surface area contributed by atoms with Gasteiger partial charge in [-0.1, -0.05) is 30.3 Å². The van der Waals surface area contributed by atoms with Crippen LogP contribution in [0, 0.1) is 0 Å². The number of rotatable bonds is 3. The van der Waals surface area contributed by atoms with Gasteiger partial charge in [-0.2, -0.15) is 0 Å². The molecule has 0 unspecified atom stereocenters. The van der Waals surface area contributed by atoms with Crippen molar-refractivity contribution in [1.82, 2.24) is 10.6 Å². The molecule has 0 saturated carbocycles. The lowest BCUT2D eigenvalue weighted by molar-refractivity contribution is 0.243. The second-order valence-corrected chi connectivity index (χ2v) is 7.40. The van der Waals surface area contributed by atoms with Crippen molar-refractivity contribution >= 4 is 23.4 Å². The number of anilines is 2. The first-order chi connectivity index (χ1) is 12.3. The molecule has 2 aromatic rings. The average Bonchev–Trinajstić information content (AvgIpc) is 2.56. The summed E-state index contributed by atoms with van der Waals surface area (Å²) in [6.07, 6.45) is 0. The fraction of sp³-hybridized carbons (Fsp3) is 0.300. The Balaban J connectivity index is 1.78. The molecule has 26 heavy (non-hydrogen) atoms. The van der Waals surface area contributed by atoms with E-state index in [1.807, 2.05) is 69.3 Å². The van der Waals surface area contributed by atoms with Crippen LogP contribution in [0.25, 0.3) is 0 Å². The third-order valence-electron chi connectivity index (χ3n) is 3.98. The van der Waals surface area contributed by atoms with Crippen LogP contribution in [0.5, 0.6) is 0 Å². The molecule has 6 heteroatoms. The van der Waals surface area contributed by atoms with Crippen LogP contribution in [-0.2, 0) is 13.1 Å². The average molecular weight is 352 g/mol. The molecule has 0 atom stereocenters. The molecule has 2 aromatic carbocycles. The SMILES string of the molecule is CC(C)(C)NC(=O)Nc1ccc2c(c1)CNC(=O)N2Cc1ccccc1. The molecule has 6 nitrogen and oxygen atoms in total. The van der Waals surface area contributed by atoms with E-state index in [9.17, 15) is 9.59 Å².